The van der Waals surface area contributed by atoms with Gasteiger partial charge in [-0.2, -0.15) is 4.98 Å². The molecule has 6 nitrogen and oxygen atoms in total. The molecule has 0 amide bonds. The van der Waals surface area contributed by atoms with Crippen molar-refractivity contribution in [3.8, 4) is 11.4 Å². The summed E-state index contributed by atoms with van der Waals surface area (Å²) in [6.45, 7) is 1.93. The molecule has 3 heterocycles. The number of thioether (sulfide) groups is 1. The fraction of sp³-hybridized carbons (Fsp3) is 0.211. The highest BCUT2D eigenvalue weighted by molar-refractivity contribution is 7.99. The van der Waals surface area contributed by atoms with Gasteiger partial charge in [-0.25, -0.2) is 9.97 Å². The number of nitrogens with zero attached hydrogens (tertiary/aromatic N) is 5. The highest BCUT2D eigenvalue weighted by Gasteiger charge is 2.09. The second kappa shape index (κ2) is 7.61. The maximum Gasteiger partial charge on any atom is 0.226 e. The molecule has 0 bridgehead atoms. The van der Waals surface area contributed by atoms with Crippen LogP contribution in [-0.4, -0.2) is 30.8 Å². The van der Waals surface area contributed by atoms with E-state index in [9.17, 15) is 0 Å². The van der Waals surface area contributed by atoms with Crippen molar-refractivity contribution < 1.29 is 4.52 Å². The molecule has 0 atom stereocenters. The molecule has 0 unspecified atom stereocenters. The lowest BCUT2D eigenvalue weighted by atomic mass is 10.2. The SMILES string of the molecule is Cc1nc(SCCCc2nc(-c3ccncc3)no2)c2ccccc2n1. The second-order valence-electron chi connectivity index (χ2n) is 5.79. The lowest BCUT2D eigenvalue weighted by Crippen LogP contribution is -1.94. The smallest absolute Gasteiger partial charge is 0.226 e. The zero-order valence-corrected chi connectivity index (χ0v) is 15.1. The van der Waals surface area contributed by atoms with Crippen molar-refractivity contribution in [2.24, 2.45) is 0 Å². The molecule has 4 aromatic rings. The number of benzene rings is 1. The summed E-state index contributed by atoms with van der Waals surface area (Å²) in [6.07, 6.45) is 5.11. The van der Waals surface area contributed by atoms with Gasteiger partial charge in [0.1, 0.15) is 10.9 Å². The standard InChI is InChI=1S/C19H17N5OS/c1-13-21-16-6-3-2-5-15(16)19(22-13)26-12-4-7-17-23-18(24-25-17)14-8-10-20-11-9-14/h2-3,5-6,8-11H,4,7,12H2,1H3. The van der Waals surface area contributed by atoms with Crippen molar-refractivity contribution in [3.63, 3.8) is 0 Å². The number of hydrogen-bond acceptors (Lipinski definition) is 7. The fourth-order valence-corrected chi connectivity index (χ4v) is 3.64. The molecule has 0 N–H and O–H groups in total. The first-order valence-corrected chi connectivity index (χ1v) is 9.37. The van der Waals surface area contributed by atoms with E-state index in [1.807, 2.05) is 37.3 Å². The third kappa shape index (κ3) is 3.72. The van der Waals surface area contributed by atoms with Crippen LogP contribution < -0.4 is 0 Å². The Hall–Kier alpha value is -2.80. The van der Waals surface area contributed by atoms with Gasteiger partial charge in [-0.15, -0.1) is 11.8 Å². The summed E-state index contributed by atoms with van der Waals surface area (Å²) < 4.78 is 5.34. The van der Waals surface area contributed by atoms with Gasteiger partial charge in [-0.3, -0.25) is 4.98 Å². The molecule has 7 heteroatoms. The first-order chi connectivity index (χ1) is 12.8. The Bertz CT molecular complexity index is 1020. The molecule has 0 fully saturated rings. The van der Waals surface area contributed by atoms with Crippen LogP contribution in [0.15, 0.2) is 58.3 Å². The van der Waals surface area contributed by atoms with Crippen LogP contribution in [0.5, 0.6) is 0 Å². The number of aryl methyl sites for hydroxylation is 2. The minimum absolute atomic E-state index is 0.604. The van der Waals surface area contributed by atoms with Crippen molar-refractivity contribution in [1.82, 2.24) is 25.1 Å². The van der Waals surface area contributed by atoms with E-state index in [0.29, 0.717) is 11.7 Å². The first kappa shape index (κ1) is 16.7. The number of hydrogen-bond donors (Lipinski definition) is 0. The van der Waals surface area contributed by atoms with Gasteiger partial charge in [-0.1, -0.05) is 23.4 Å². The van der Waals surface area contributed by atoms with Crippen LogP contribution in [0.4, 0.5) is 0 Å². The van der Waals surface area contributed by atoms with E-state index < -0.39 is 0 Å². The van der Waals surface area contributed by atoms with E-state index in [4.69, 9.17) is 4.52 Å². The minimum Gasteiger partial charge on any atom is -0.339 e. The molecule has 0 saturated carbocycles. The Kier molecular flexibility index (Phi) is 4.88. The molecule has 0 aliphatic carbocycles. The van der Waals surface area contributed by atoms with Gasteiger partial charge in [0.05, 0.1) is 5.52 Å². The zero-order valence-electron chi connectivity index (χ0n) is 14.3. The lowest BCUT2D eigenvalue weighted by molar-refractivity contribution is 0.378. The van der Waals surface area contributed by atoms with Gasteiger partial charge in [0.25, 0.3) is 0 Å². The van der Waals surface area contributed by atoms with Crippen molar-refractivity contribution in [2.45, 2.75) is 24.8 Å². The summed E-state index contributed by atoms with van der Waals surface area (Å²) in [7, 11) is 0. The summed E-state index contributed by atoms with van der Waals surface area (Å²) in [5, 5.41) is 6.16. The highest BCUT2D eigenvalue weighted by atomic mass is 32.2. The normalized spacial score (nSPS) is 11.1. The summed E-state index contributed by atoms with van der Waals surface area (Å²) in [4.78, 5) is 17.5. The molecule has 130 valence electrons. The van der Waals surface area contributed by atoms with Gasteiger partial charge in [0.2, 0.25) is 11.7 Å². The highest BCUT2D eigenvalue weighted by Crippen LogP contribution is 2.26. The van der Waals surface area contributed by atoms with E-state index in [1.165, 1.54) is 0 Å². The number of rotatable bonds is 6. The van der Waals surface area contributed by atoms with Crippen LogP contribution in [0, 0.1) is 6.92 Å². The van der Waals surface area contributed by atoms with Gasteiger partial charge >= 0.3 is 0 Å². The Morgan fingerprint density at radius 1 is 1.00 bits per heavy atom. The molecular formula is C19H17N5OS. The number of para-hydroxylation sites is 1. The Morgan fingerprint density at radius 2 is 1.85 bits per heavy atom. The van der Waals surface area contributed by atoms with Gasteiger partial charge in [0, 0.05) is 35.5 Å². The van der Waals surface area contributed by atoms with E-state index >= 15 is 0 Å². The summed E-state index contributed by atoms with van der Waals surface area (Å²) in [5.41, 5.74) is 1.90. The molecule has 4 rings (SSSR count). The average Bonchev–Trinajstić information content (AvgIpc) is 3.15. The van der Waals surface area contributed by atoms with Crippen molar-refractivity contribution in [2.75, 3.05) is 5.75 Å². The van der Waals surface area contributed by atoms with Crippen LogP contribution in [0.25, 0.3) is 22.3 Å². The van der Waals surface area contributed by atoms with Gasteiger partial charge in [0.15, 0.2) is 0 Å². The summed E-state index contributed by atoms with van der Waals surface area (Å²) in [6, 6.07) is 11.8. The Balaban J connectivity index is 1.37. The van der Waals surface area contributed by atoms with E-state index in [0.717, 1.165) is 45.9 Å². The number of pyridine rings is 1. The maximum absolute atomic E-state index is 5.34. The summed E-state index contributed by atoms with van der Waals surface area (Å²) >= 11 is 1.74. The maximum atomic E-state index is 5.34. The topological polar surface area (TPSA) is 77.6 Å². The Morgan fingerprint density at radius 3 is 2.73 bits per heavy atom. The first-order valence-electron chi connectivity index (χ1n) is 8.39. The average molecular weight is 363 g/mol. The van der Waals surface area contributed by atoms with Gasteiger partial charge < -0.3 is 4.52 Å². The monoisotopic (exact) mass is 363 g/mol. The third-order valence-corrected chi connectivity index (χ3v) is 4.94. The van der Waals surface area contributed by atoms with Gasteiger partial charge in [-0.05, 0) is 31.5 Å². The minimum atomic E-state index is 0.604. The molecule has 1 aromatic carbocycles. The van der Waals surface area contributed by atoms with E-state index in [-0.39, 0.29) is 0 Å². The zero-order chi connectivity index (χ0) is 17.8. The molecule has 0 radical (unpaired) electrons. The van der Waals surface area contributed by atoms with Crippen molar-refractivity contribution >= 4 is 22.7 Å². The predicted octanol–water partition coefficient (Wildman–Crippen LogP) is 4.11. The summed E-state index contributed by atoms with van der Waals surface area (Å²) in [5.74, 6) is 2.98. The second-order valence-corrected chi connectivity index (χ2v) is 6.88. The Labute approximate surface area is 155 Å². The predicted molar refractivity (Wildman–Crippen MR) is 101 cm³/mol. The molecule has 0 aliphatic heterocycles. The number of aromatic nitrogens is 5. The largest absolute Gasteiger partial charge is 0.339 e. The van der Waals surface area contributed by atoms with Crippen molar-refractivity contribution in [3.05, 3.63) is 60.5 Å². The van der Waals surface area contributed by atoms with Crippen LogP contribution in [0.1, 0.15) is 18.1 Å². The fourth-order valence-electron chi connectivity index (χ4n) is 2.64. The van der Waals surface area contributed by atoms with Crippen LogP contribution in [0.2, 0.25) is 0 Å². The molecular weight excluding hydrogens is 346 g/mol. The molecule has 0 spiro atoms. The number of fused-ring (bicyclic) bond motifs is 1. The quantitative estimate of drug-likeness (QED) is 0.290. The van der Waals surface area contributed by atoms with E-state index in [2.05, 4.69) is 31.2 Å². The van der Waals surface area contributed by atoms with Crippen LogP contribution >= 0.6 is 11.8 Å². The lowest BCUT2D eigenvalue weighted by Gasteiger charge is -2.05. The van der Waals surface area contributed by atoms with Crippen LogP contribution in [0.3, 0.4) is 0 Å². The molecule has 0 saturated heterocycles. The van der Waals surface area contributed by atoms with Crippen molar-refractivity contribution in [1.29, 1.82) is 0 Å². The van der Waals surface area contributed by atoms with Crippen LogP contribution in [-0.2, 0) is 6.42 Å². The van der Waals surface area contributed by atoms with E-state index in [1.54, 1.807) is 24.2 Å². The molecule has 26 heavy (non-hydrogen) atoms. The molecule has 0 aliphatic rings. The molecule has 3 aromatic heterocycles. The third-order valence-electron chi connectivity index (χ3n) is 3.86.